The second-order valence-corrected chi connectivity index (χ2v) is 2.85. The van der Waals surface area contributed by atoms with Gasteiger partial charge in [-0.05, 0) is 29.5 Å². The summed E-state index contributed by atoms with van der Waals surface area (Å²) in [5, 5.41) is 16.1. The van der Waals surface area contributed by atoms with Crippen LogP contribution in [0.15, 0.2) is 48.8 Å². The van der Waals surface area contributed by atoms with Crippen molar-refractivity contribution in [1.29, 1.82) is 0 Å². The monoisotopic (exact) mass is 202 g/mol. The van der Waals surface area contributed by atoms with Gasteiger partial charge in [0, 0.05) is 12.4 Å². The Morgan fingerprint density at radius 2 is 1.80 bits per heavy atom. The first kappa shape index (κ1) is 9.26. The molecule has 0 radical (unpaired) electrons. The van der Waals surface area contributed by atoms with Crippen molar-refractivity contribution in [3.8, 4) is 0 Å². The summed E-state index contributed by atoms with van der Waals surface area (Å²) in [6.07, 6.45) is 3.75. The molecule has 0 bridgehead atoms. The van der Waals surface area contributed by atoms with E-state index in [0.717, 1.165) is 4.85 Å². The Hall–Kier alpha value is -2.30. The van der Waals surface area contributed by atoms with E-state index in [2.05, 4.69) is 15.3 Å². The molecule has 0 atom stereocenters. The number of nitrogens with one attached hydrogen (secondary N) is 1. The molecule has 5 heteroatoms. The lowest BCUT2D eigenvalue weighted by atomic mass is 10.3. The van der Waals surface area contributed by atoms with Crippen molar-refractivity contribution in [1.82, 2.24) is 20.1 Å². The third-order valence-electron chi connectivity index (χ3n) is 1.83. The van der Waals surface area contributed by atoms with Gasteiger partial charge in [-0.15, -0.1) is 5.10 Å². The van der Waals surface area contributed by atoms with E-state index in [0.29, 0.717) is 11.0 Å². The van der Waals surface area contributed by atoms with Crippen LogP contribution >= 0.6 is 0 Å². The number of hydrogen-bond acceptors (Lipinski definition) is 3. The van der Waals surface area contributed by atoms with Crippen LogP contribution in [-0.4, -0.2) is 25.3 Å². The van der Waals surface area contributed by atoms with E-state index in [4.69, 9.17) is 5.21 Å². The van der Waals surface area contributed by atoms with E-state index in [1.165, 1.54) is 0 Å². The van der Waals surface area contributed by atoms with Crippen molar-refractivity contribution in [2.75, 3.05) is 0 Å². The van der Waals surface area contributed by atoms with Gasteiger partial charge in [0.15, 0.2) is 0 Å². The molecule has 0 amide bonds. The van der Waals surface area contributed by atoms with Crippen LogP contribution < -0.4 is 0 Å². The number of aromatic amines is 1. The topological polar surface area (TPSA) is 66.7 Å². The number of fused-ring (bicyclic) bond motifs is 1. The molecule has 2 N–H and O–H groups in total. The van der Waals surface area contributed by atoms with Crippen LogP contribution in [0.25, 0.3) is 11.0 Å². The van der Waals surface area contributed by atoms with E-state index < -0.39 is 0 Å². The molecule has 2 heterocycles. The van der Waals surface area contributed by atoms with Crippen LogP contribution in [-0.2, 0) is 0 Å². The van der Waals surface area contributed by atoms with E-state index >= 15 is 0 Å². The largest absolute Gasteiger partial charge is 0.410 e. The number of H-pyrrole nitrogens is 1. The Morgan fingerprint density at radius 3 is 2.40 bits per heavy atom. The fourth-order valence-corrected chi connectivity index (χ4v) is 1.13. The molecule has 15 heavy (non-hydrogen) atoms. The molecule has 0 aliphatic carbocycles. The van der Waals surface area contributed by atoms with Gasteiger partial charge in [-0.1, -0.05) is 17.0 Å². The maximum Gasteiger partial charge on any atom is 0.130 e. The Morgan fingerprint density at radius 1 is 1.07 bits per heavy atom. The number of para-hydroxylation sites is 1. The third kappa shape index (κ3) is 2.14. The molecule has 5 nitrogen and oxygen atoms in total. The number of aromatic nitrogens is 4. The van der Waals surface area contributed by atoms with Gasteiger partial charge in [-0.25, -0.2) is 0 Å². The fourth-order valence-electron chi connectivity index (χ4n) is 1.13. The van der Waals surface area contributed by atoms with Crippen molar-refractivity contribution in [2.24, 2.45) is 0 Å². The van der Waals surface area contributed by atoms with Crippen molar-refractivity contribution in [3.05, 3.63) is 48.8 Å². The van der Waals surface area contributed by atoms with Gasteiger partial charge in [0.2, 0.25) is 0 Å². The molecule has 0 spiro atoms. The highest BCUT2D eigenvalue weighted by molar-refractivity contribution is 5.73. The van der Waals surface area contributed by atoms with Gasteiger partial charge in [0.1, 0.15) is 11.0 Å². The fraction of sp³-hybridized carbons (Fsp3) is 0. The number of nitrogens with zero attached hydrogens (tertiary/aromatic N) is 3. The van der Waals surface area contributed by atoms with Gasteiger partial charge in [-0.3, -0.25) is 0 Å². The standard InChI is InChI=1S/C6H5N3O.C4H5N/c10-9-6-4-2-1-3-5(6)7-8-9;1-2-4-5-3-1/h1-4,10H;1-5H. The van der Waals surface area contributed by atoms with Gasteiger partial charge in [-0.2, -0.15) is 0 Å². The van der Waals surface area contributed by atoms with E-state index in [1.807, 2.05) is 36.7 Å². The summed E-state index contributed by atoms with van der Waals surface area (Å²) in [5.41, 5.74) is 1.33. The highest BCUT2D eigenvalue weighted by atomic mass is 16.5. The average Bonchev–Trinajstić information content (AvgIpc) is 2.92. The predicted octanol–water partition coefficient (Wildman–Crippen LogP) is 1.68. The molecule has 3 aromatic rings. The molecule has 0 aliphatic rings. The minimum atomic E-state index is 0.627. The minimum Gasteiger partial charge on any atom is -0.410 e. The molecule has 2 aromatic heterocycles. The third-order valence-corrected chi connectivity index (χ3v) is 1.83. The van der Waals surface area contributed by atoms with Crippen molar-refractivity contribution in [3.63, 3.8) is 0 Å². The number of benzene rings is 1. The van der Waals surface area contributed by atoms with Gasteiger partial charge in [0.25, 0.3) is 0 Å². The lowest BCUT2D eigenvalue weighted by Crippen LogP contribution is -1.90. The van der Waals surface area contributed by atoms with Crippen molar-refractivity contribution < 1.29 is 5.21 Å². The molecule has 0 unspecified atom stereocenters. The summed E-state index contributed by atoms with van der Waals surface area (Å²) in [5.74, 6) is 0. The molecule has 0 aliphatic heterocycles. The first-order valence-electron chi connectivity index (χ1n) is 4.45. The Labute approximate surface area is 85.9 Å². The Kier molecular flexibility index (Phi) is 2.64. The Balaban J connectivity index is 0.000000144. The maximum absolute atomic E-state index is 8.95. The summed E-state index contributed by atoms with van der Waals surface area (Å²) >= 11 is 0. The van der Waals surface area contributed by atoms with Gasteiger partial charge >= 0.3 is 0 Å². The average molecular weight is 202 g/mol. The minimum absolute atomic E-state index is 0.627. The summed E-state index contributed by atoms with van der Waals surface area (Å²) < 4.78 is 0. The summed E-state index contributed by atoms with van der Waals surface area (Å²) in [6, 6.07) is 11.1. The van der Waals surface area contributed by atoms with Crippen LogP contribution in [0.5, 0.6) is 0 Å². The molecule has 3 rings (SSSR count). The zero-order chi connectivity index (χ0) is 10.5. The van der Waals surface area contributed by atoms with E-state index in [1.54, 1.807) is 12.1 Å². The molecule has 0 fully saturated rings. The SMILES string of the molecule is On1nnc2ccccc21.c1cc[nH]c1. The van der Waals surface area contributed by atoms with Gasteiger partial charge in [0.05, 0.1) is 0 Å². The number of hydrogen-bond donors (Lipinski definition) is 2. The summed E-state index contributed by atoms with van der Waals surface area (Å²) in [7, 11) is 0. The maximum atomic E-state index is 8.95. The molecule has 76 valence electrons. The second kappa shape index (κ2) is 4.28. The van der Waals surface area contributed by atoms with Crippen LogP contribution in [0.4, 0.5) is 0 Å². The summed E-state index contributed by atoms with van der Waals surface area (Å²) in [4.78, 5) is 3.62. The smallest absolute Gasteiger partial charge is 0.130 e. The molecular formula is C10H10N4O. The van der Waals surface area contributed by atoms with Crippen LogP contribution in [0.3, 0.4) is 0 Å². The lowest BCUT2D eigenvalue weighted by molar-refractivity contribution is 0.155. The molecule has 0 saturated heterocycles. The van der Waals surface area contributed by atoms with E-state index in [9.17, 15) is 0 Å². The molecule has 0 saturated carbocycles. The predicted molar refractivity (Wildman–Crippen MR) is 55.5 cm³/mol. The second-order valence-electron chi connectivity index (χ2n) is 2.85. The first-order valence-corrected chi connectivity index (χ1v) is 4.45. The first-order chi connectivity index (χ1) is 7.38. The van der Waals surface area contributed by atoms with Crippen LogP contribution in [0, 0.1) is 0 Å². The van der Waals surface area contributed by atoms with E-state index in [-0.39, 0.29) is 0 Å². The van der Waals surface area contributed by atoms with Crippen molar-refractivity contribution in [2.45, 2.75) is 0 Å². The van der Waals surface area contributed by atoms with Crippen LogP contribution in [0.2, 0.25) is 0 Å². The molecular weight excluding hydrogens is 192 g/mol. The quantitative estimate of drug-likeness (QED) is 0.545. The lowest BCUT2D eigenvalue weighted by Gasteiger charge is -1.85. The normalized spacial score (nSPS) is 9.60. The molecule has 1 aromatic carbocycles. The van der Waals surface area contributed by atoms with Crippen molar-refractivity contribution >= 4 is 11.0 Å². The highest BCUT2D eigenvalue weighted by Gasteiger charge is 1.98. The Bertz CT molecular complexity index is 498. The zero-order valence-corrected chi connectivity index (χ0v) is 7.91. The summed E-state index contributed by atoms with van der Waals surface area (Å²) in [6.45, 7) is 0. The van der Waals surface area contributed by atoms with Crippen LogP contribution in [0.1, 0.15) is 0 Å². The van der Waals surface area contributed by atoms with Gasteiger partial charge < -0.3 is 10.2 Å². The number of rotatable bonds is 0. The zero-order valence-electron chi connectivity index (χ0n) is 7.91. The highest BCUT2D eigenvalue weighted by Crippen LogP contribution is 2.06.